The molecule has 1 aliphatic heterocycles. The summed E-state index contributed by atoms with van der Waals surface area (Å²) in [6, 6.07) is 10.5. The van der Waals surface area contributed by atoms with Crippen molar-refractivity contribution >= 4 is 44.7 Å². The predicted octanol–water partition coefficient (Wildman–Crippen LogP) is 2.88. The Balaban J connectivity index is 1.58. The van der Waals surface area contributed by atoms with E-state index in [1.807, 2.05) is 12.1 Å². The molecule has 0 spiro atoms. The number of ether oxygens (including phenoxy) is 1. The van der Waals surface area contributed by atoms with Crippen molar-refractivity contribution < 1.29 is 14.3 Å². The fraction of sp³-hybridized carbons (Fsp3) is 0.0625. The van der Waals surface area contributed by atoms with Crippen LogP contribution in [0.5, 0.6) is 5.75 Å². The van der Waals surface area contributed by atoms with Crippen molar-refractivity contribution in [2.24, 2.45) is 0 Å². The van der Waals surface area contributed by atoms with Gasteiger partial charge in [0.15, 0.2) is 6.61 Å². The second-order valence-corrected chi connectivity index (χ2v) is 5.92. The van der Waals surface area contributed by atoms with Crippen LogP contribution >= 0.6 is 11.3 Å². The lowest BCUT2D eigenvalue weighted by Crippen LogP contribution is -2.25. The molecule has 7 heteroatoms. The van der Waals surface area contributed by atoms with Crippen LogP contribution in [0.1, 0.15) is 10.4 Å². The molecule has 4 rings (SSSR count). The Labute approximate surface area is 135 Å². The number of hydrogen-bond acceptors (Lipinski definition) is 5. The number of hydrogen-bond donors (Lipinski definition) is 2. The van der Waals surface area contributed by atoms with Crippen LogP contribution in [0, 0.1) is 0 Å². The molecule has 0 fully saturated rings. The van der Waals surface area contributed by atoms with Gasteiger partial charge in [0.1, 0.15) is 5.75 Å². The van der Waals surface area contributed by atoms with E-state index in [1.54, 1.807) is 29.8 Å². The van der Waals surface area contributed by atoms with Gasteiger partial charge in [0.25, 0.3) is 11.8 Å². The predicted molar refractivity (Wildman–Crippen MR) is 88.1 cm³/mol. The first kappa shape index (κ1) is 13.7. The summed E-state index contributed by atoms with van der Waals surface area (Å²) in [6.45, 7) is 0.00751. The summed E-state index contributed by atoms with van der Waals surface area (Å²) in [7, 11) is 0. The minimum atomic E-state index is -0.219. The molecule has 1 aliphatic rings. The Hall–Kier alpha value is -2.93. The van der Waals surface area contributed by atoms with Gasteiger partial charge in [-0.3, -0.25) is 9.59 Å². The summed E-state index contributed by atoms with van der Waals surface area (Å²) >= 11 is 1.49. The Kier molecular flexibility index (Phi) is 3.20. The molecule has 114 valence electrons. The van der Waals surface area contributed by atoms with E-state index < -0.39 is 0 Å². The second-order valence-electron chi connectivity index (χ2n) is 5.04. The van der Waals surface area contributed by atoms with Crippen molar-refractivity contribution in [1.82, 2.24) is 4.98 Å². The number of benzene rings is 2. The van der Waals surface area contributed by atoms with E-state index in [2.05, 4.69) is 15.6 Å². The van der Waals surface area contributed by atoms with Gasteiger partial charge in [0, 0.05) is 11.3 Å². The summed E-state index contributed by atoms with van der Waals surface area (Å²) in [4.78, 5) is 27.9. The molecular weight excluding hydrogens is 314 g/mol. The number of carbonyl (C=O) groups is 2. The van der Waals surface area contributed by atoms with Crippen molar-refractivity contribution in [2.75, 3.05) is 17.2 Å². The van der Waals surface area contributed by atoms with E-state index in [4.69, 9.17) is 4.74 Å². The van der Waals surface area contributed by atoms with Crippen molar-refractivity contribution in [3.05, 3.63) is 47.5 Å². The Morgan fingerprint density at radius 2 is 2.17 bits per heavy atom. The molecule has 0 bridgehead atoms. The highest BCUT2D eigenvalue weighted by molar-refractivity contribution is 7.16. The number of carbonyl (C=O) groups excluding carboxylic acids is 2. The molecule has 0 saturated carbocycles. The molecule has 1 aromatic heterocycles. The Bertz CT molecular complexity index is 935. The van der Waals surface area contributed by atoms with Gasteiger partial charge in [-0.15, -0.1) is 11.3 Å². The van der Waals surface area contributed by atoms with Crippen LogP contribution in [-0.4, -0.2) is 23.4 Å². The molecule has 6 nitrogen and oxygen atoms in total. The Morgan fingerprint density at radius 1 is 1.26 bits per heavy atom. The lowest BCUT2D eigenvalue weighted by molar-refractivity contribution is -0.118. The molecule has 2 heterocycles. The average molecular weight is 325 g/mol. The number of rotatable bonds is 2. The first-order valence-corrected chi connectivity index (χ1v) is 7.78. The van der Waals surface area contributed by atoms with Gasteiger partial charge in [-0.1, -0.05) is 0 Å². The highest BCUT2D eigenvalue weighted by Gasteiger charge is 2.16. The zero-order valence-corrected chi connectivity index (χ0v) is 12.6. The normalized spacial score (nSPS) is 13.1. The largest absolute Gasteiger partial charge is 0.482 e. The molecule has 2 aromatic carbocycles. The summed E-state index contributed by atoms with van der Waals surface area (Å²) in [6.07, 6.45) is 0. The number of fused-ring (bicyclic) bond motifs is 2. The number of amides is 2. The average Bonchev–Trinajstić information content (AvgIpc) is 3.02. The molecule has 0 saturated heterocycles. The van der Waals surface area contributed by atoms with Gasteiger partial charge in [-0.2, -0.15) is 0 Å². The quantitative estimate of drug-likeness (QED) is 0.759. The maximum absolute atomic E-state index is 12.4. The van der Waals surface area contributed by atoms with E-state index in [0.717, 1.165) is 10.2 Å². The molecule has 0 atom stereocenters. The summed E-state index contributed by atoms with van der Waals surface area (Å²) in [5.74, 6) is 0.161. The van der Waals surface area contributed by atoms with Gasteiger partial charge in [0.2, 0.25) is 0 Å². The SMILES string of the molecule is O=C1COc2ccc(NC(=O)c3ccc4ncsc4c3)cc2N1. The van der Waals surface area contributed by atoms with Gasteiger partial charge in [-0.25, -0.2) is 4.98 Å². The standard InChI is InChI=1S/C16H11N3O3S/c20-15-7-22-13-4-2-10(6-12(13)19-15)18-16(21)9-1-3-11-14(5-9)23-8-17-11/h1-6,8H,7H2,(H,18,21)(H,19,20). The summed E-state index contributed by atoms with van der Waals surface area (Å²) in [5, 5.41) is 5.53. The fourth-order valence-electron chi connectivity index (χ4n) is 2.36. The van der Waals surface area contributed by atoms with Crippen LogP contribution in [0.4, 0.5) is 11.4 Å². The van der Waals surface area contributed by atoms with Crippen LogP contribution in [0.15, 0.2) is 41.9 Å². The third-order valence-corrected chi connectivity index (χ3v) is 4.26. The molecule has 23 heavy (non-hydrogen) atoms. The van der Waals surface area contributed by atoms with E-state index in [9.17, 15) is 9.59 Å². The van der Waals surface area contributed by atoms with E-state index in [1.165, 1.54) is 11.3 Å². The molecule has 0 aliphatic carbocycles. The summed E-state index contributed by atoms with van der Waals surface area (Å²) < 4.78 is 6.25. The van der Waals surface area contributed by atoms with Gasteiger partial charge in [0.05, 0.1) is 21.4 Å². The van der Waals surface area contributed by atoms with Crippen LogP contribution in [0.25, 0.3) is 10.2 Å². The van der Waals surface area contributed by atoms with Gasteiger partial charge in [-0.05, 0) is 36.4 Å². The lowest BCUT2D eigenvalue weighted by atomic mass is 10.2. The Morgan fingerprint density at radius 3 is 3.09 bits per heavy atom. The molecule has 0 unspecified atom stereocenters. The molecule has 2 N–H and O–H groups in total. The van der Waals surface area contributed by atoms with Gasteiger partial charge < -0.3 is 15.4 Å². The van der Waals surface area contributed by atoms with E-state index in [-0.39, 0.29) is 18.4 Å². The number of thiazole rings is 1. The first-order chi connectivity index (χ1) is 11.2. The van der Waals surface area contributed by atoms with Gasteiger partial charge >= 0.3 is 0 Å². The zero-order chi connectivity index (χ0) is 15.8. The number of anilines is 2. The number of nitrogens with zero attached hydrogens (tertiary/aromatic N) is 1. The molecular formula is C16H11N3O3S. The van der Waals surface area contributed by atoms with Crippen LogP contribution < -0.4 is 15.4 Å². The van der Waals surface area contributed by atoms with E-state index >= 15 is 0 Å². The minimum absolute atomic E-state index is 0.00751. The number of nitrogens with one attached hydrogen (secondary N) is 2. The highest BCUT2D eigenvalue weighted by Crippen LogP contribution is 2.30. The van der Waals surface area contributed by atoms with Crippen LogP contribution in [0.2, 0.25) is 0 Å². The molecule has 0 radical (unpaired) electrons. The maximum atomic E-state index is 12.4. The third kappa shape index (κ3) is 2.62. The first-order valence-electron chi connectivity index (χ1n) is 6.90. The number of aromatic nitrogens is 1. The molecule has 2 amide bonds. The third-order valence-electron chi connectivity index (χ3n) is 3.46. The van der Waals surface area contributed by atoms with E-state index in [0.29, 0.717) is 22.7 Å². The zero-order valence-electron chi connectivity index (χ0n) is 11.8. The van der Waals surface area contributed by atoms with Crippen LogP contribution in [0.3, 0.4) is 0 Å². The van der Waals surface area contributed by atoms with Crippen LogP contribution in [-0.2, 0) is 4.79 Å². The second kappa shape index (κ2) is 5.36. The maximum Gasteiger partial charge on any atom is 0.262 e. The summed E-state index contributed by atoms with van der Waals surface area (Å²) in [5.41, 5.74) is 4.32. The van der Waals surface area contributed by atoms with Crippen molar-refractivity contribution in [3.8, 4) is 5.75 Å². The van der Waals surface area contributed by atoms with Crippen molar-refractivity contribution in [1.29, 1.82) is 0 Å². The monoisotopic (exact) mass is 325 g/mol. The molecule has 3 aromatic rings. The smallest absolute Gasteiger partial charge is 0.262 e. The lowest BCUT2D eigenvalue weighted by Gasteiger charge is -2.18. The highest BCUT2D eigenvalue weighted by atomic mass is 32.1. The topological polar surface area (TPSA) is 80.3 Å². The van der Waals surface area contributed by atoms with Crippen molar-refractivity contribution in [2.45, 2.75) is 0 Å². The minimum Gasteiger partial charge on any atom is -0.482 e. The fourth-order valence-corrected chi connectivity index (χ4v) is 3.08. The van der Waals surface area contributed by atoms with Crippen molar-refractivity contribution in [3.63, 3.8) is 0 Å².